The van der Waals surface area contributed by atoms with Crippen molar-refractivity contribution in [3.05, 3.63) is 12.7 Å². The summed E-state index contributed by atoms with van der Waals surface area (Å²) < 4.78 is 29.6. The number of hydrogen-bond donors (Lipinski definition) is 0. The molecule has 0 spiro atoms. The van der Waals surface area contributed by atoms with Gasteiger partial charge >= 0.3 is 7.68 Å². The van der Waals surface area contributed by atoms with Crippen molar-refractivity contribution in [3.8, 4) is 0 Å². The summed E-state index contributed by atoms with van der Waals surface area (Å²) in [5, 5.41) is 0. The molecule has 0 aliphatic heterocycles. The smallest absolute Gasteiger partial charge is 0.303 e. The van der Waals surface area contributed by atoms with Crippen LogP contribution in [0.15, 0.2) is 12.7 Å². The van der Waals surface area contributed by atoms with E-state index in [9.17, 15) is 8.76 Å². The minimum atomic E-state index is -3.83. The van der Waals surface area contributed by atoms with Crippen molar-refractivity contribution in [2.75, 3.05) is 6.16 Å². The van der Waals surface area contributed by atoms with Gasteiger partial charge in [0.25, 0.3) is 0 Å². The predicted molar refractivity (Wildman–Crippen MR) is 81.6 cm³/mol. The van der Waals surface area contributed by atoms with E-state index < -0.39 is 7.68 Å². The molecule has 0 aromatic carbocycles. The number of allylic oxidation sites excluding steroid dienone is 1. The van der Waals surface area contributed by atoms with Gasteiger partial charge in [0.2, 0.25) is 0 Å². The summed E-state index contributed by atoms with van der Waals surface area (Å²) in [7, 11) is -3.83. The number of halogens is 1. The highest BCUT2D eigenvalue weighted by Crippen LogP contribution is 2.50. The summed E-state index contributed by atoms with van der Waals surface area (Å²) in [5.41, 5.74) is 0. The molecule has 0 amide bonds. The van der Waals surface area contributed by atoms with Crippen LogP contribution >= 0.6 is 7.68 Å². The highest BCUT2D eigenvalue weighted by atomic mass is 31.2. The van der Waals surface area contributed by atoms with E-state index in [2.05, 4.69) is 6.58 Å². The van der Waals surface area contributed by atoms with Gasteiger partial charge in [-0.15, -0.1) is 6.58 Å². The fraction of sp³-hybridized carbons (Fsp3) is 0.867. The number of unbranched alkanes of at least 4 members (excludes halogenated alkanes) is 8. The van der Waals surface area contributed by atoms with Gasteiger partial charge in [-0.1, -0.05) is 44.6 Å². The minimum Gasteiger partial charge on any atom is -0.303 e. The highest BCUT2D eigenvalue weighted by Gasteiger charge is 2.22. The third-order valence-electron chi connectivity index (χ3n) is 2.95. The van der Waals surface area contributed by atoms with E-state index in [1.54, 1.807) is 13.8 Å². The molecule has 0 N–H and O–H groups in total. The van der Waals surface area contributed by atoms with Crippen LogP contribution in [0.4, 0.5) is 4.20 Å². The van der Waals surface area contributed by atoms with Crippen molar-refractivity contribution in [3.63, 3.8) is 0 Å². The Kier molecular flexibility index (Phi) is 11.6. The van der Waals surface area contributed by atoms with Crippen LogP contribution in [0.1, 0.15) is 71.6 Å². The van der Waals surface area contributed by atoms with Gasteiger partial charge in [-0.3, -0.25) is 4.57 Å². The molecule has 0 radical (unpaired) electrons. The molecule has 2 nitrogen and oxygen atoms in total. The van der Waals surface area contributed by atoms with Crippen LogP contribution in [0.5, 0.6) is 0 Å². The summed E-state index contributed by atoms with van der Waals surface area (Å²) in [6, 6.07) is 0. The van der Waals surface area contributed by atoms with E-state index in [-0.39, 0.29) is 12.3 Å². The van der Waals surface area contributed by atoms with E-state index >= 15 is 0 Å². The van der Waals surface area contributed by atoms with Gasteiger partial charge in [-0.05, 0) is 33.1 Å². The molecule has 0 aromatic rings. The number of rotatable bonds is 13. The van der Waals surface area contributed by atoms with Crippen LogP contribution in [0.25, 0.3) is 0 Å². The molecule has 0 aliphatic carbocycles. The zero-order valence-electron chi connectivity index (χ0n) is 12.6. The van der Waals surface area contributed by atoms with Crippen LogP contribution < -0.4 is 0 Å². The third kappa shape index (κ3) is 14.1. The maximum Gasteiger partial charge on any atom is 0.367 e. The second-order valence-corrected chi connectivity index (χ2v) is 7.21. The molecule has 4 heteroatoms. The first-order valence-electron chi connectivity index (χ1n) is 7.56. The SMILES string of the molecule is C=CCCCCCCCCCC[P@@](=O)(F)OC(C)C. The van der Waals surface area contributed by atoms with E-state index in [0.717, 1.165) is 19.3 Å². The van der Waals surface area contributed by atoms with Gasteiger partial charge in [-0.25, -0.2) is 0 Å². The molecule has 114 valence electrons. The fourth-order valence-corrected chi connectivity index (χ4v) is 3.35. The van der Waals surface area contributed by atoms with Gasteiger partial charge in [0, 0.05) is 0 Å². The average molecular weight is 292 g/mol. The van der Waals surface area contributed by atoms with Gasteiger partial charge in [0.1, 0.15) is 0 Å². The van der Waals surface area contributed by atoms with Crippen molar-refractivity contribution in [1.29, 1.82) is 0 Å². The molecular weight excluding hydrogens is 262 g/mol. The Morgan fingerprint density at radius 2 is 1.53 bits per heavy atom. The molecular formula is C15H30FO2P. The van der Waals surface area contributed by atoms with Crippen molar-refractivity contribution in [2.24, 2.45) is 0 Å². The van der Waals surface area contributed by atoms with Crippen molar-refractivity contribution < 1.29 is 13.3 Å². The Balaban J connectivity index is 3.31. The van der Waals surface area contributed by atoms with Crippen LogP contribution in [-0.2, 0) is 9.09 Å². The van der Waals surface area contributed by atoms with E-state index in [4.69, 9.17) is 4.52 Å². The molecule has 0 saturated carbocycles. The van der Waals surface area contributed by atoms with E-state index in [1.165, 1.54) is 32.1 Å². The maximum absolute atomic E-state index is 13.4. The second-order valence-electron chi connectivity index (χ2n) is 5.37. The summed E-state index contributed by atoms with van der Waals surface area (Å²) in [6.45, 7) is 7.12. The molecule has 19 heavy (non-hydrogen) atoms. The second kappa shape index (κ2) is 11.7. The number of hydrogen-bond acceptors (Lipinski definition) is 2. The minimum absolute atomic E-state index is 0.0739. The first kappa shape index (κ1) is 18.9. The van der Waals surface area contributed by atoms with E-state index in [0.29, 0.717) is 6.42 Å². The maximum atomic E-state index is 13.4. The van der Waals surface area contributed by atoms with Gasteiger partial charge in [0.15, 0.2) is 0 Å². The Bertz CT molecular complexity index is 267. The van der Waals surface area contributed by atoms with Crippen LogP contribution in [-0.4, -0.2) is 12.3 Å². The molecule has 0 aromatic heterocycles. The van der Waals surface area contributed by atoms with Crippen LogP contribution in [0.2, 0.25) is 0 Å². The average Bonchev–Trinajstić information content (AvgIpc) is 2.30. The molecule has 0 saturated heterocycles. The van der Waals surface area contributed by atoms with E-state index in [1.807, 2.05) is 6.08 Å². The van der Waals surface area contributed by atoms with Gasteiger partial charge in [0.05, 0.1) is 12.3 Å². The van der Waals surface area contributed by atoms with Crippen molar-refractivity contribution in [1.82, 2.24) is 0 Å². The molecule has 0 unspecified atom stereocenters. The topological polar surface area (TPSA) is 26.3 Å². The Morgan fingerprint density at radius 1 is 1.05 bits per heavy atom. The lowest BCUT2D eigenvalue weighted by molar-refractivity contribution is 0.223. The standard InChI is InChI=1S/C15H30FO2P/c1-4-5-6-7-8-9-10-11-12-13-14-19(16,17)18-15(2)3/h4,15H,1,5-14H2,2-3H3/t19-/m0/s1. The van der Waals surface area contributed by atoms with Gasteiger partial charge < -0.3 is 4.52 Å². The van der Waals surface area contributed by atoms with Gasteiger partial charge in [-0.2, -0.15) is 4.20 Å². The fourth-order valence-electron chi connectivity index (χ4n) is 2.02. The van der Waals surface area contributed by atoms with Crippen LogP contribution in [0.3, 0.4) is 0 Å². The highest BCUT2D eigenvalue weighted by molar-refractivity contribution is 7.53. The summed E-state index contributed by atoms with van der Waals surface area (Å²) >= 11 is 0. The first-order valence-corrected chi connectivity index (χ1v) is 9.26. The molecule has 0 bridgehead atoms. The van der Waals surface area contributed by atoms with Crippen molar-refractivity contribution >= 4 is 7.68 Å². The lowest BCUT2D eigenvalue weighted by Gasteiger charge is -2.12. The van der Waals surface area contributed by atoms with Crippen molar-refractivity contribution in [2.45, 2.75) is 77.7 Å². The monoisotopic (exact) mass is 292 g/mol. The molecule has 0 fully saturated rings. The van der Waals surface area contributed by atoms with Crippen LogP contribution in [0, 0.1) is 0 Å². The predicted octanol–water partition coefficient (Wildman–Crippen LogP) is 6.27. The lowest BCUT2D eigenvalue weighted by Crippen LogP contribution is -2.00. The Hall–Kier alpha value is -0.140. The first-order chi connectivity index (χ1) is 8.98. The lowest BCUT2D eigenvalue weighted by atomic mass is 10.1. The Morgan fingerprint density at radius 3 is 2.00 bits per heavy atom. The zero-order chi connectivity index (χ0) is 14.6. The summed E-state index contributed by atoms with van der Waals surface area (Å²) in [5.74, 6) is 0. The largest absolute Gasteiger partial charge is 0.367 e. The quantitative estimate of drug-likeness (QED) is 0.227. The molecule has 0 heterocycles. The zero-order valence-corrected chi connectivity index (χ0v) is 13.5. The molecule has 1 atom stereocenters. The molecule has 0 aliphatic rings. The normalized spacial score (nSPS) is 14.5. The molecule has 0 rings (SSSR count). The Labute approximate surface area is 118 Å². The summed E-state index contributed by atoms with van der Waals surface area (Å²) in [4.78, 5) is 0. The third-order valence-corrected chi connectivity index (χ3v) is 4.54. The summed E-state index contributed by atoms with van der Waals surface area (Å²) in [6.07, 6.45) is 11.8.